The Morgan fingerprint density at radius 1 is 0.913 bits per heavy atom. The summed E-state index contributed by atoms with van der Waals surface area (Å²) < 4.78 is 14.0. The molecule has 4 aromatic rings. The van der Waals surface area contributed by atoms with Gasteiger partial charge in [0.15, 0.2) is 0 Å². The molecule has 1 atom stereocenters. The lowest BCUT2D eigenvalue weighted by Crippen LogP contribution is -2.41. The molecule has 5 rings (SSSR count). The minimum Gasteiger partial charge on any atom is -0.341 e. The molecule has 0 bridgehead atoms. The van der Waals surface area contributed by atoms with Crippen LogP contribution in [0.15, 0.2) is 109 Å². The van der Waals surface area contributed by atoms with E-state index in [2.05, 4.69) is 116 Å². The number of halogens is 1. The zero-order chi connectivity index (χ0) is 33.1. The van der Waals surface area contributed by atoms with E-state index in [1.165, 1.54) is 28.2 Å². The highest BCUT2D eigenvalue weighted by Gasteiger charge is 2.29. The maximum absolute atomic E-state index is 14.0. The third-order valence-electron chi connectivity index (χ3n) is 8.56. The van der Waals surface area contributed by atoms with Crippen LogP contribution in [0.4, 0.5) is 10.1 Å². The zero-order valence-corrected chi connectivity index (χ0v) is 29.1. The van der Waals surface area contributed by atoms with Crippen LogP contribution < -0.4 is 10.2 Å². The van der Waals surface area contributed by atoms with E-state index in [1.807, 2.05) is 29.2 Å². The van der Waals surface area contributed by atoms with Gasteiger partial charge in [0, 0.05) is 42.5 Å². The number of aryl methyl sites for hydroxylation is 3. The van der Waals surface area contributed by atoms with Gasteiger partial charge in [-0.05, 0) is 98.8 Å². The van der Waals surface area contributed by atoms with Crippen LogP contribution in [-0.2, 0) is 6.54 Å². The van der Waals surface area contributed by atoms with Crippen molar-refractivity contribution < 1.29 is 9.18 Å². The number of benzene rings is 4. The molecule has 0 radical (unpaired) electrons. The van der Waals surface area contributed by atoms with Crippen molar-refractivity contribution >= 4 is 32.2 Å². The summed E-state index contributed by atoms with van der Waals surface area (Å²) in [5.74, 6) is 0.208. The lowest BCUT2D eigenvalue weighted by atomic mass is 9.90. The Morgan fingerprint density at radius 2 is 1.61 bits per heavy atom. The number of rotatable bonds is 8. The summed E-state index contributed by atoms with van der Waals surface area (Å²) in [7, 11) is 2.66. The molecule has 5 heteroatoms. The first kappa shape index (κ1) is 34.9. The molecule has 46 heavy (non-hydrogen) atoms. The summed E-state index contributed by atoms with van der Waals surface area (Å²) in [5.41, 5.74) is 8.74. The largest absolute Gasteiger partial charge is 0.341 e. The minimum atomic E-state index is -0.217. The lowest BCUT2D eigenvalue weighted by Gasteiger charge is -2.38. The van der Waals surface area contributed by atoms with Gasteiger partial charge in [-0.3, -0.25) is 4.79 Å². The van der Waals surface area contributed by atoms with Gasteiger partial charge >= 0.3 is 0 Å². The predicted octanol–water partition coefficient (Wildman–Crippen LogP) is 9.82. The Labute approximate surface area is 278 Å². The predicted molar refractivity (Wildman–Crippen MR) is 197 cm³/mol. The maximum atomic E-state index is 14.0. The molecule has 240 valence electrons. The second-order valence-corrected chi connectivity index (χ2v) is 12.7. The summed E-state index contributed by atoms with van der Waals surface area (Å²) in [6.07, 6.45) is 9.11. The molecule has 4 aromatic carbocycles. The number of amides is 1. The number of hydrogen-bond donors (Lipinski definition) is 0. The number of anilines is 1. The van der Waals surface area contributed by atoms with Crippen LogP contribution in [0.3, 0.4) is 0 Å². The third kappa shape index (κ3) is 9.27. The van der Waals surface area contributed by atoms with Gasteiger partial charge in [-0.15, -0.1) is 9.24 Å². The highest BCUT2D eigenvalue weighted by atomic mass is 31.0. The fraction of sp³-hybridized carbons (Fsp3) is 0.293. The number of piperidine rings is 1. The molecule has 1 unspecified atom stereocenters. The van der Waals surface area contributed by atoms with Gasteiger partial charge in [-0.1, -0.05) is 97.4 Å². The summed E-state index contributed by atoms with van der Waals surface area (Å²) >= 11 is 0. The lowest BCUT2D eigenvalue weighted by molar-refractivity contribution is 0.0701. The van der Waals surface area contributed by atoms with Crippen molar-refractivity contribution in [3.63, 3.8) is 0 Å². The van der Waals surface area contributed by atoms with E-state index in [9.17, 15) is 9.18 Å². The van der Waals surface area contributed by atoms with E-state index in [4.69, 9.17) is 0 Å². The Hall–Kier alpha value is -4.01. The third-order valence-corrected chi connectivity index (χ3v) is 8.92. The standard InChI is InChI=1S/C34H39FN2O.C7H9P/c1-5-7-16-30-25(3)13-10-17-31(30)34(38)36-21-19-28(20-22-36)32(6-2)37(33-18-9-8-12-26(33)4)24-27-14-11-15-29(35)23-27;1-6-3-2-4-7(8)5-6/h6-18,23,28H,5,19-22,24H2,1-4H3;2-5H,8H2,1H3/b16-7-,32-6+;. The van der Waals surface area contributed by atoms with Crippen LogP contribution in [0.1, 0.15) is 71.3 Å². The van der Waals surface area contributed by atoms with Gasteiger partial charge in [0.25, 0.3) is 5.91 Å². The van der Waals surface area contributed by atoms with Gasteiger partial charge in [0.05, 0.1) is 0 Å². The maximum Gasteiger partial charge on any atom is 0.254 e. The van der Waals surface area contributed by atoms with Gasteiger partial charge in [-0.2, -0.15) is 0 Å². The van der Waals surface area contributed by atoms with E-state index in [0.29, 0.717) is 25.6 Å². The van der Waals surface area contributed by atoms with Gasteiger partial charge < -0.3 is 9.80 Å². The van der Waals surface area contributed by atoms with Crippen LogP contribution in [0.25, 0.3) is 6.08 Å². The zero-order valence-electron chi connectivity index (χ0n) is 28.0. The average Bonchev–Trinajstić information content (AvgIpc) is 3.04. The molecule has 1 aliphatic heterocycles. The number of nitrogens with zero attached hydrogens (tertiary/aromatic N) is 2. The Bertz CT molecular complexity index is 1650. The molecule has 0 spiro atoms. The molecule has 1 aliphatic rings. The fourth-order valence-corrected chi connectivity index (χ4v) is 6.53. The first-order valence-electron chi connectivity index (χ1n) is 16.3. The molecular weight excluding hydrogens is 586 g/mol. The fourth-order valence-electron chi connectivity index (χ4n) is 6.15. The van der Waals surface area contributed by atoms with E-state index in [1.54, 1.807) is 12.1 Å². The quantitative estimate of drug-likeness (QED) is 0.180. The number of allylic oxidation sites excluding steroid dienone is 3. The van der Waals surface area contributed by atoms with Crippen molar-refractivity contribution in [3.05, 3.63) is 148 Å². The molecule has 0 aliphatic carbocycles. The Morgan fingerprint density at radius 3 is 2.24 bits per heavy atom. The SMILES string of the molecule is C/C=C(\C1CCN(C(=O)c2cccc(C)c2/C=C\CC)CC1)N(Cc1cccc(F)c1)c1ccccc1C.Cc1cccc(P)c1. The van der Waals surface area contributed by atoms with Crippen LogP contribution in [0.5, 0.6) is 0 Å². The van der Waals surface area contributed by atoms with Crippen molar-refractivity contribution in [2.45, 2.75) is 60.4 Å². The number of likely N-dealkylation sites (tertiary alicyclic amines) is 1. The number of hydrogen-bond acceptors (Lipinski definition) is 2. The highest BCUT2D eigenvalue weighted by molar-refractivity contribution is 7.27. The molecule has 0 N–H and O–H groups in total. The van der Waals surface area contributed by atoms with E-state index >= 15 is 0 Å². The minimum absolute atomic E-state index is 0.112. The van der Waals surface area contributed by atoms with Gasteiger partial charge in [0.2, 0.25) is 0 Å². The van der Waals surface area contributed by atoms with E-state index in [-0.39, 0.29) is 11.7 Å². The molecule has 1 amide bonds. The molecule has 3 nitrogen and oxygen atoms in total. The Kier molecular flexibility index (Phi) is 12.9. The van der Waals surface area contributed by atoms with Crippen molar-refractivity contribution in [1.29, 1.82) is 0 Å². The molecule has 1 saturated heterocycles. The molecule has 0 aromatic heterocycles. The topological polar surface area (TPSA) is 23.6 Å². The smallest absolute Gasteiger partial charge is 0.254 e. The first-order valence-corrected chi connectivity index (χ1v) is 16.9. The Balaban J connectivity index is 0.000000523. The summed E-state index contributed by atoms with van der Waals surface area (Å²) in [6, 6.07) is 29.6. The highest BCUT2D eigenvalue weighted by Crippen LogP contribution is 2.34. The van der Waals surface area contributed by atoms with E-state index in [0.717, 1.165) is 47.2 Å². The average molecular weight is 635 g/mol. The summed E-state index contributed by atoms with van der Waals surface area (Å²) in [4.78, 5) is 17.9. The van der Waals surface area contributed by atoms with Gasteiger partial charge in [0.1, 0.15) is 5.82 Å². The molecule has 1 fully saturated rings. The van der Waals surface area contributed by atoms with Crippen LogP contribution >= 0.6 is 9.24 Å². The van der Waals surface area contributed by atoms with Crippen LogP contribution in [0.2, 0.25) is 0 Å². The first-order chi connectivity index (χ1) is 22.2. The van der Waals surface area contributed by atoms with Crippen molar-refractivity contribution in [1.82, 2.24) is 4.90 Å². The summed E-state index contributed by atoms with van der Waals surface area (Å²) in [5, 5.41) is 1.25. The van der Waals surface area contributed by atoms with Crippen molar-refractivity contribution in [2.24, 2.45) is 5.92 Å². The number of para-hydroxylation sites is 1. The number of carbonyl (C=O) groups is 1. The number of carbonyl (C=O) groups excluding carboxylic acids is 1. The summed E-state index contributed by atoms with van der Waals surface area (Å²) in [6.45, 7) is 12.5. The monoisotopic (exact) mass is 634 g/mol. The van der Waals surface area contributed by atoms with Gasteiger partial charge in [-0.25, -0.2) is 4.39 Å². The van der Waals surface area contributed by atoms with Crippen LogP contribution in [-0.4, -0.2) is 23.9 Å². The second-order valence-electron chi connectivity index (χ2n) is 12.0. The van der Waals surface area contributed by atoms with Crippen molar-refractivity contribution in [3.8, 4) is 0 Å². The van der Waals surface area contributed by atoms with E-state index < -0.39 is 0 Å². The normalized spacial score (nSPS) is 13.8. The molecule has 0 saturated carbocycles. The molecule has 1 heterocycles. The van der Waals surface area contributed by atoms with Crippen molar-refractivity contribution in [2.75, 3.05) is 18.0 Å². The van der Waals surface area contributed by atoms with Crippen LogP contribution in [0, 0.1) is 32.5 Å². The second kappa shape index (κ2) is 17.1. The molecular formula is C41H48FN2OP.